The Labute approximate surface area is 163 Å². The monoisotopic (exact) mass is 397 g/mol. The van der Waals surface area contributed by atoms with Crippen LogP contribution in [0, 0.1) is 0 Å². The van der Waals surface area contributed by atoms with Crippen molar-refractivity contribution in [1.29, 1.82) is 0 Å². The van der Waals surface area contributed by atoms with E-state index in [9.17, 15) is 4.79 Å². The highest BCUT2D eigenvalue weighted by Gasteiger charge is 2.14. The van der Waals surface area contributed by atoms with Gasteiger partial charge in [-0.3, -0.25) is 4.79 Å². The van der Waals surface area contributed by atoms with Crippen LogP contribution in [0.1, 0.15) is 12.5 Å². The second-order valence-corrected chi connectivity index (χ2v) is 6.74. The van der Waals surface area contributed by atoms with Crippen LogP contribution >= 0.6 is 23.2 Å². The predicted octanol–water partition coefficient (Wildman–Crippen LogP) is 3.05. The van der Waals surface area contributed by atoms with Gasteiger partial charge >= 0.3 is 0 Å². The molecule has 0 aliphatic carbocycles. The summed E-state index contributed by atoms with van der Waals surface area (Å²) in [6, 6.07) is 10.8. The fourth-order valence-corrected chi connectivity index (χ4v) is 2.91. The van der Waals surface area contributed by atoms with Gasteiger partial charge in [-0.25, -0.2) is 0 Å². The number of rotatable bonds is 8. The van der Waals surface area contributed by atoms with Crippen LogP contribution in [0.2, 0.25) is 10.0 Å². The molecular formula is C19H23Cl2N2O3+. The molecule has 0 bridgehead atoms. The van der Waals surface area contributed by atoms with Gasteiger partial charge in [-0.05, 0) is 43.3 Å². The van der Waals surface area contributed by atoms with Crippen molar-refractivity contribution in [3.8, 4) is 11.5 Å². The topological polar surface area (TPSA) is 52.0 Å². The van der Waals surface area contributed by atoms with Gasteiger partial charge in [0.05, 0.1) is 31.5 Å². The van der Waals surface area contributed by atoms with Gasteiger partial charge in [-0.2, -0.15) is 0 Å². The van der Waals surface area contributed by atoms with E-state index in [1.54, 1.807) is 25.3 Å². The first kappa shape index (κ1) is 20.4. The largest absolute Gasteiger partial charge is 0.493 e. The van der Waals surface area contributed by atoms with E-state index in [-0.39, 0.29) is 5.91 Å². The summed E-state index contributed by atoms with van der Waals surface area (Å²) in [6.07, 6.45) is 0. The molecule has 7 heteroatoms. The number of nitrogens with one attached hydrogen (secondary N) is 2. The summed E-state index contributed by atoms with van der Waals surface area (Å²) in [5.74, 6) is 1.27. The number of amides is 1. The number of hydrogen-bond acceptors (Lipinski definition) is 3. The third-order valence-corrected chi connectivity index (χ3v) is 4.26. The van der Waals surface area contributed by atoms with Crippen LogP contribution in [0.4, 0.5) is 5.69 Å². The number of carbonyl (C=O) groups excluding carboxylic acids is 1. The molecule has 0 fully saturated rings. The summed E-state index contributed by atoms with van der Waals surface area (Å²) in [5.41, 5.74) is 1.57. The van der Waals surface area contributed by atoms with Crippen molar-refractivity contribution in [3.63, 3.8) is 0 Å². The Morgan fingerprint density at radius 1 is 1.15 bits per heavy atom. The average Bonchev–Trinajstić information content (AvgIpc) is 2.59. The summed E-state index contributed by atoms with van der Waals surface area (Å²) in [5, 5.41) is 3.77. The Hall–Kier alpha value is -1.95. The fourth-order valence-electron chi connectivity index (χ4n) is 2.57. The van der Waals surface area contributed by atoms with E-state index in [4.69, 9.17) is 32.7 Å². The Morgan fingerprint density at radius 2 is 1.92 bits per heavy atom. The molecule has 0 aliphatic heterocycles. The maximum Gasteiger partial charge on any atom is 0.279 e. The number of halogens is 2. The van der Waals surface area contributed by atoms with Crippen LogP contribution in [-0.2, 0) is 11.3 Å². The van der Waals surface area contributed by atoms with E-state index in [1.165, 1.54) is 0 Å². The highest BCUT2D eigenvalue weighted by Crippen LogP contribution is 2.28. The Morgan fingerprint density at radius 3 is 2.62 bits per heavy atom. The number of quaternary nitrogens is 1. The second-order valence-electron chi connectivity index (χ2n) is 5.90. The molecule has 1 amide bonds. The number of carbonyl (C=O) groups is 1. The predicted molar refractivity (Wildman–Crippen MR) is 105 cm³/mol. The maximum atomic E-state index is 12.3. The SMILES string of the molecule is CCOc1ccc(C[NH+](C)CC(=O)Nc2cc(Cl)ccc2Cl)cc1OC. The van der Waals surface area contributed by atoms with Gasteiger partial charge in [-0.15, -0.1) is 0 Å². The van der Waals surface area contributed by atoms with Gasteiger partial charge in [-0.1, -0.05) is 23.2 Å². The quantitative estimate of drug-likeness (QED) is 0.719. The lowest BCUT2D eigenvalue weighted by Gasteiger charge is -2.16. The molecule has 2 rings (SSSR count). The number of likely N-dealkylation sites (N-methyl/N-ethyl adjacent to an activating group) is 1. The molecule has 5 nitrogen and oxygen atoms in total. The molecule has 0 heterocycles. The second kappa shape index (κ2) is 9.67. The standard InChI is InChI=1S/C19H22Cl2N2O3/c1-4-26-17-8-5-13(9-18(17)25-3)11-23(2)12-19(24)22-16-10-14(20)6-7-15(16)21/h5-10H,4,11-12H2,1-3H3,(H,22,24)/p+1. The third kappa shape index (κ3) is 5.80. The first-order chi connectivity index (χ1) is 12.4. The molecule has 0 aliphatic rings. The first-order valence-corrected chi connectivity index (χ1v) is 9.04. The molecule has 1 unspecified atom stereocenters. The van der Waals surface area contributed by atoms with Crippen LogP contribution in [0.3, 0.4) is 0 Å². The summed E-state index contributed by atoms with van der Waals surface area (Å²) in [4.78, 5) is 13.3. The van der Waals surface area contributed by atoms with Gasteiger partial charge in [0.25, 0.3) is 5.91 Å². The summed E-state index contributed by atoms with van der Waals surface area (Å²) in [6.45, 7) is 3.46. The summed E-state index contributed by atoms with van der Waals surface area (Å²) in [7, 11) is 3.56. The van der Waals surface area contributed by atoms with Crippen molar-refractivity contribution in [3.05, 3.63) is 52.0 Å². The molecule has 140 valence electrons. The lowest BCUT2D eigenvalue weighted by Crippen LogP contribution is -3.08. The van der Waals surface area contributed by atoms with Gasteiger partial charge in [0.2, 0.25) is 0 Å². The lowest BCUT2D eigenvalue weighted by atomic mass is 10.2. The molecule has 0 radical (unpaired) electrons. The zero-order valence-electron chi connectivity index (χ0n) is 15.1. The summed E-state index contributed by atoms with van der Waals surface area (Å²) < 4.78 is 10.9. The molecule has 0 spiro atoms. The number of methoxy groups -OCH3 is 1. The van der Waals surface area contributed by atoms with E-state index < -0.39 is 0 Å². The smallest absolute Gasteiger partial charge is 0.279 e. The van der Waals surface area contributed by atoms with Crippen molar-refractivity contribution in [2.75, 3.05) is 32.6 Å². The number of anilines is 1. The van der Waals surface area contributed by atoms with E-state index in [0.29, 0.717) is 46.9 Å². The highest BCUT2D eigenvalue weighted by molar-refractivity contribution is 6.35. The molecule has 2 N–H and O–H groups in total. The van der Waals surface area contributed by atoms with E-state index >= 15 is 0 Å². The van der Waals surface area contributed by atoms with Gasteiger partial charge in [0, 0.05) is 10.6 Å². The van der Waals surface area contributed by atoms with Crippen molar-refractivity contribution in [2.24, 2.45) is 0 Å². The minimum absolute atomic E-state index is 0.135. The Bertz CT molecular complexity index is 768. The molecule has 0 saturated carbocycles. The zero-order chi connectivity index (χ0) is 19.1. The van der Waals surface area contributed by atoms with E-state index in [0.717, 1.165) is 10.5 Å². The van der Waals surface area contributed by atoms with Crippen molar-refractivity contribution >= 4 is 34.8 Å². The van der Waals surface area contributed by atoms with Crippen molar-refractivity contribution in [1.82, 2.24) is 0 Å². The first-order valence-electron chi connectivity index (χ1n) is 8.28. The minimum Gasteiger partial charge on any atom is -0.493 e. The average molecular weight is 398 g/mol. The van der Waals surface area contributed by atoms with Crippen LogP contribution in [0.25, 0.3) is 0 Å². The number of hydrogen-bond donors (Lipinski definition) is 2. The molecule has 2 aromatic rings. The van der Waals surface area contributed by atoms with Crippen LogP contribution < -0.4 is 19.7 Å². The van der Waals surface area contributed by atoms with Crippen molar-refractivity contribution in [2.45, 2.75) is 13.5 Å². The molecule has 2 aromatic carbocycles. The fraction of sp³-hybridized carbons (Fsp3) is 0.316. The van der Waals surface area contributed by atoms with E-state index in [1.807, 2.05) is 32.2 Å². The highest BCUT2D eigenvalue weighted by atomic mass is 35.5. The minimum atomic E-state index is -0.135. The lowest BCUT2D eigenvalue weighted by molar-refractivity contribution is -0.885. The molecular weight excluding hydrogens is 375 g/mol. The van der Waals surface area contributed by atoms with Gasteiger partial charge in [0.15, 0.2) is 18.0 Å². The molecule has 0 saturated heterocycles. The summed E-state index contributed by atoms with van der Waals surface area (Å²) >= 11 is 12.0. The normalized spacial score (nSPS) is 11.7. The Balaban J connectivity index is 1.96. The van der Waals surface area contributed by atoms with Crippen LogP contribution in [0.5, 0.6) is 11.5 Å². The van der Waals surface area contributed by atoms with Crippen molar-refractivity contribution < 1.29 is 19.2 Å². The zero-order valence-corrected chi connectivity index (χ0v) is 16.6. The van der Waals surface area contributed by atoms with Crippen LogP contribution in [-0.4, -0.2) is 33.2 Å². The third-order valence-electron chi connectivity index (χ3n) is 3.70. The number of benzene rings is 2. The molecule has 1 atom stereocenters. The Kier molecular flexibility index (Phi) is 7.57. The van der Waals surface area contributed by atoms with Gasteiger partial charge < -0.3 is 19.7 Å². The maximum absolute atomic E-state index is 12.3. The molecule has 26 heavy (non-hydrogen) atoms. The molecule has 0 aromatic heterocycles. The van der Waals surface area contributed by atoms with E-state index in [2.05, 4.69) is 5.32 Å². The van der Waals surface area contributed by atoms with Gasteiger partial charge in [0.1, 0.15) is 6.54 Å². The number of ether oxygens (including phenoxy) is 2. The van der Waals surface area contributed by atoms with Crippen LogP contribution in [0.15, 0.2) is 36.4 Å².